The number of aryl methyl sites for hydroxylation is 1. The summed E-state index contributed by atoms with van der Waals surface area (Å²) in [5, 5.41) is 9.86. The first kappa shape index (κ1) is 28.4. The van der Waals surface area contributed by atoms with Gasteiger partial charge in [-0.2, -0.15) is 8.78 Å². The molecule has 12 heteroatoms. The average Bonchev–Trinajstić information content (AvgIpc) is 3.56. The Morgan fingerprint density at radius 1 is 1.07 bits per heavy atom. The van der Waals surface area contributed by atoms with Crippen LogP contribution in [0.25, 0.3) is 5.70 Å². The van der Waals surface area contributed by atoms with Gasteiger partial charge in [-0.05, 0) is 67.9 Å². The smallest absolute Gasteiger partial charge is 0.387 e. The fourth-order valence-corrected chi connectivity index (χ4v) is 5.72. The van der Waals surface area contributed by atoms with Gasteiger partial charge >= 0.3 is 6.61 Å². The molecule has 0 spiro atoms. The SMILES string of the molecule is Cc1cc(NC2=C3C=NC=C(c4ccc(OC(F)F)cc4)N3C=CN2)ccc1C(=O)N1CCN(C(=O)[C@@H]2CCNC2)CC1. The molecule has 0 unspecified atom stereocenters. The molecule has 0 saturated carbocycles. The number of nitrogens with zero attached hydrogens (tertiary/aromatic N) is 4. The summed E-state index contributed by atoms with van der Waals surface area (Å²) in [4.78, 5) is 36.2. The number of alkyl halides is 2. The fourth-order valence-electron chi connectivity index (χ4n) is 5.72. The number of carbonyl (C=O) groups is 2. The highest BCUT2D eigenvalue weighted by atomic mass is 19.3. The highest BCUT2D eigenvalue weighted by Gasteiger charge is 2.31. The van der Waals surface area contributed by atoms with Crippen LogP contribution in [0.5, 0.6) is 5.75 Å². The Hall–Kier alpha value is -4.71. The van der Waals surface area contributed by atoms with Gasteiger partial charge in [-0.25, -0.2) is 0 Å². The number of anilines is 1. The number of piperazine rings is 1. The summed E-state index contributed by atoms with van der Waals surface area (Å²) in [6.45, 7) is 2.79. The summed E-state index contributed by atoms with van der Waals surface area (Å²) < 4.78 is 29.6. The lowest BCUT2D eigenvalue weighted by atomic mass is 10.0. The summed E-state index contributed by atoms with van der Waals surface area (Å²) in [6, 6.07) is 12.0. The van der Waals surface area contributed by atoms with Gasteiger partial charge in [-0.3, -0.25) is 14.6 Å². The van der Waals surface area contributed by atoms with Crippen molar-refractivity contribution in [2.24, 2.45) is 10.9 Å². The molecule has 0 aromatic heterocycles. The van der Waals surface area contributed by atoms with Crippen molar-refractivity contribution in [1.29, 1.82) is 0 Å². The lowest BCUT2D eigenvalue weighted by molar-refractivity contribution is -0.136. The molecule has 1 atom stereocenters. The first-order valence-electron chi connectivity index (χ1n) is 14.3. The van der Waals surface area contributed by atoms with Crippen LogP contribution in [0, 0.1) is 12.8 Å². The van der Waals surface area contributed by atoms with Gasteiger partial charge in [0, 0.05) is 61.9 Å². The number of allylic oxidation sites excluding steroid dienone is 1. The molecule has 2 fully saturated rings. The third kappa shape index (κ3) is 6.09. The molecule has 2 aromatic rings. The number of aliphatic imine (C=N–C) groups is 1. The number of amides is 2. The van der Waals surface area contributed by atoms with E-state index >= 15 is 0 Å². The van der Waals surface area contributed by atoms with Crippen LogP contribution in [0.2, 0.25) is 0 Å². The van der Waals surface area contributed by atoms with E-state index in [1.807, 2.05) is 46.0 Å². The van der Waals surface area contributed by atoms with E-state index in [0.29, 0.717) is 37.6 Å². The molecule has 0 aliphatic carbocycles. The first-order valence-corrected chi connectivity index (χ1v) is 14.3. The number of rotatable bonds is 7. The topological polar surface area (TPSA) is 102 Å². The molecule has 43 heavy (non-hydrogen) atoms. The van der Waals surface area contributed by atoms with Crippen LogP contribution in [-0.2, 0) is 4.79 Å². The minimum atomic E-state index is -2.88. The molecule has 10 nitrogen and oxygen atoms in total. The van der Waals surface area contributed by atoms with E-state index in [-0.39, 0.29) is 23.5 Å². The summed E-state index contributed by atoms with van der Waals surface area (Å²) in [5.74, 6) is 0.966. The molecular formula is C31H33F2N7O3. The van der Waals surface area contributed by atoms with Crippen LogP contribution < -0.4 is 20.7 Å². The second kappa shape index (κ2) is 12.3. The number of halogens is 2. The van der Waals surface area contributed by atoms with E-state index in [0.717, 1.165) is 47.7 Å². The Labute approximate surface area is 248 Å². The minimum Gasteiger partial charge on any atom is -0.435 e. The van der Waals surface area contributed by atoms with E-state index in [1.165, 1.54) is 12.1 Å². The highest BCUT2D eigenvalue weighted by molar-refractivity contribution is 5.96. The van der Waals surface area contributed by atoms with Crippen LogP contribution in [0.4, 0.5) is 14.5 Å². The molecule has 0 radical (unpaired) electrons. The molecule has 4 heterocycles. The van der Waals surface area contributed by atoms with Crippen LogP contribution in [0.1, 0.15) is 27.9 Å². The highest BCUT2D eigenvalue weighted by Crippen LogP contribution is 2.31. The standard InChI is InChI=1S/C31H33F2N7O3/c1-20-16-23(4-7-25(20)30(42)39-14-12-38(13-15-39)29(41)22-8-9-34-17-22)37-28-27-19-35-18-26(40(27)11-10-36-28)21-2-5-24(6-3-21)43-31(32)33/h2-7,10-11,16,18-19,22,31,34,36-37H,8-9,12-15,17H2,1H3/t22-/m1/s1. The van der Waals surface area contributed by atoms with E-state index < -0.39 is 6.61 Å². The third-order valence-electron chi connectivity index (χ3n) is 8.01. The van der Waals surface area contributed by atoms with Gasteiger partial charge in [-0.1, -0.05) is 0 Å². The Bertz CT molecular complexity index is 1510. The maximum atomic E-state index is 13.4. The van der Waals surface area contributed by atoms with Crippen molar-refractivity contribution >= 4 is 29.4 Å². The molecule has 2 saturated heterocycles. The monoisotopic (exact) mass is 589 g/mol. The maximum absolute atomic E-state index is 13.4. The molecular weight excluding hydrogens is 556 g/mol. The van der Waals surface area contributed by atoms with Gasteiger partial charge in [-0.15, -0.1) is 0 Å². The second-order valence-electron chi connectivity index (χ2n) is 10.7. The van der Waals surface area contributed by atoms with E-state index in [2.05, 4.69) is 25.7 Å². The van der Waals surface area contributed by atoms with E-state index in [4.69, 9.17) is 0 Å². The quantitative estimate of drug-likeness (QED) is 0.454. The minimum absolute atomic E-state index is 0.0372. The molecule has 0 bridgehead atoms. The summed E-state index contributed by atoms with van der Waals surface area (Å²) in [5.41, 5.74) is 4.55. The Kier molecular flexibility index (Phi) is 8.10. The number of carbonyl (C=O) groups excluding carboxylic acids is 2. The van der Waals surface area contributed by atoms with Gasteiger partial charge in [0.25, 0.3) is 5.91 Å². The van der Waals surface area contributed by atoms with Gasteiger partial charge < -0.3 is 35.4 Å². The van der Waals surface area contributed by atoms with Gasteiger partial charge in [0.15, 0.2) is 0 Å². The van der Waals surface area contributed by atoms with Crippen molar-refractivity contribution in [3.63, 3.8) is 0 Å². The molecule has 2 aromatic carbocycles. The van der Waals surface area contributed by atoms with Gasteiger partial charge in [0.2, 0.25) is 5.91 Å². The molecule has 6 rings (SSSR count). The number of fused-ring (bicyclic) bond motifs is 1. The molecule has 2 amide bonds. The fraction of sp³-hybridized carbons (Fsp3) is 0.323. The Morgan fingerprint density at radius 2 is 1.84 bits per heavy atom. The van der Waals surface area contributed by atoms with Gasteiger partial charge in [0.05, 0.1) is 24.0 Å². The largest absolute Gasteiger partial charge is 0.435 e. The molecule has 4 aliphatic rings. The number of nitrogens with one attached hydrogen (secondary N) is 3. The number of hydrogen-bond donors (Lipinski definition) is 3. The molecule has 4 aliphatic heterocycles. The second-order valence-corrected chi connectivity index (χ2v) is 10.7. The van der Waals surface area contributed by atoms with E-state index in [9.17, 15) is 18.4 Å². The Balaban J connectivity index is 1.11. The Morgan fingerprint density at radius 3 is 2.53 bits per heavy atom. The van der Waals surface area contributed by atoms with Crippen LogP contribution >= 0.6 is 0 Å². The van der Waals surface area contributed by atoms with Crippen molar-refractivity contribution in [3.8, 4) is 5.75 Å². The van der Waals surface area contributed by atoms with Crippen LogP contribution in [-0.4, -0.2) is 78.6 Å². The molecule has 224 valence electrons. The maximum Gasteiger partial charge on any atom is 0.387 e. The summed E-state index contributed by atoms with van der Waals surface area (Å²) >= 11 is 0. The zero-order chi connectivity index (χ0) is 29.9. The third-order valence-corrected chi connectivity index (χ3v) is 8.01. The predicted molar refractivity (Wildman–Crippen MR) is 159 cm³/mol. The van der Waals surface area contributed by atoms with Gasteiger partial charge in [0.1, 0.15) is 17.3 Å². The van der Waals surface area contributed by atoms with Crippen molar-refractivity contribution in [2.75, 3.05) is 44.6 Å². The average molecular weight is 590 g/mol. The van der Waals surface area contributed by atoms with Crippen LogP contribution in [0.3, 0.4) is 0 Å². The van der Waals surface area contributed by atoms with Crippen molar-refractivity contribution in [3.05, 3.63) is 89.3 Å². The number of hydrogen-bond acceptors (Lipinski definition) is 8. The number of ether oxygens (including phenoxy) is 1. The lowest BCUT2D eigenvalue weighted by Gasteiger charge is -2.36. The van der Waals surface area contributed by atoms with Crippen molar-refractivity contribution in [2.45, 2.75) is 20.0 Å². The first-order chi connectivity index (χ1) is 20.9. The van der Waals surface area contributed by atoms with Crippen LogP contribution in [0.15, 0.2) is 77.6 Å². The van der Waals surface area contributed by atoms with Crippen molar-refractivity contribution < 1.29 is 23.1 Å². The summed E-state index contributed by atoms with van der Waals surface area (Å²) in [6.07, 6.45) is 7.93. The predicted octanol–water partition coefficient (Wildman–Crippen LogP) is 3.53. The lowest BCUT2D eigenvalue weighted by Crippen LogP contribution is -2.52. The van der Waals surface area contributed by atoms with Crippen molar-refractivity contribution in [1.82, 2.24) is 25.3 Å². The normalized spacial score (nSPS) is 19.8. The number of benzene rings is 2. The molecule has 3 N–H and O–H groups in total. The zero-order valence-electron chi connectivity index (χ0n) is 23.7. The van der Waals surface area contributed by atoms with E-state index in [1.54, 1.807) is 30.7 Å². The summed E-state index contributed by atoms with van der Waals surface area (Å²) in [7, 11) is 0. The zero-order valence-corrected chi connectivity index (χ0v) is 23.7.